The van der Waals surface area contributed by atoms with Crippen molar-refractivity contribution in [3.63, 3.8) is 0 Å². The first kappa shape index (κ1) is 25.8. The van der Waals surface area contributed by atoms with Crippen LogP contribution in [-0.4, -0.2) is 60.7 Å². The molecule has 0 bridgehead atoms. The summed E-state index contributed by atoms with van der Waals surface area (Å²) in [6.45, 7) is 10.2. The number of carbonyl (C=O) groups excluding carboxylic acids is 3. The van der Waals surface area contributed by atoms with Gasteiger partial charge in [-0.15, -0.1) is 0 Å². The van der Waals surface area contributed by atoms with Crippen molar-refractivity contribution < 1.29 is 23.9 Å². The zero-order valence-corrected chi connectivity index (χ0v) is 21.4. The van der Waals surface area contributed by atoms with Crippen LogP contribution in [0.3, 0.4) is 0 Å². The SMILES string of the molecule is CCC1(C)Oc2cc(C)c(C(=O)N(C(C)C)C3CCCCC3)cc2N(CCNC(=O)OC)C1=O. The largest absolute Gasteiger partial charge is 0.476 e. The predicted molar refractivity (Wildman–Crippen MR) is 131 cm³/mol. The third-order valence-corrected chi connectivity index (χ3v) is 7.08. The van der Waals surface area contributed by atoms with Gasteiger partial charge in [-0.3, -0.25) is 9.59 Å². The molecule has 1 fully saturated rings. The Morgan fingerprint density at radius 3 is 2.53 bits per heavy atom. The number of nitrogens with one attached hydrogen (secondary N) is 1. The highest BCUT2D eigenvalue weighted by Gasteiger charge is 2.44. The number of amides is 3. The molecule has 3 amide bonds. The molecule has 0 saturated heterocycles. The van der Waals surface area contributed by atoms with E-state index in [-0.39, 0.29) is 37.0 Å². The Morgan fingerprint density at radius 1 is 1.26 bits per heavy atom. The molecule has 3 rings (SSSR count). The van der Waals surface area contributed by atoms with Gasteiger partial charge in [0.2, 0.25) is 0 Å². The van der Waals surface area contributed by atoms with E-state index in [1.807, 2.05) is 24.8 Å². The van der Waals surface area contributed by atoms with E-state index < -0.39 is 11.7 Å². The molecule has 1 unspecified atom stereocenters. The Kier molecular flexibility index (Phi) is 8.10. The minimum atomic E-state index is -1.01. The topological polar surface area (TPSA) is 88.2 Å². The third kappa shape index (κ3) is 5.15. The molecular formula is C26H39N3O5. The summed E-state index contributed by atoms with van der Waals surface area (Å²) in [7, 11) is 1.30. The third-order valence-electron chi connectivity index (χ3n) is 7.08. The van der Waals surface area contributed by atoms with Crippen LogP contribution in [0, 0.1) is 6.92 Å². The van der Waals surface area contributed by atoms with Gasteiger partial charge in [0, 0.05) is 30.7 Å². The lowest BCUT2D eigenvalue weighted by molar-refractivity contribution is -0.134. The Bertz CT molecular complexity index is 925. The van der Waals surface area contributed by atoms with Gasteiger partial charge in [-0.2, -0.15) is 0 Å². The number of benzene rings is 1. The van der Waals surface area contributed by atoms with Crippen LogP contribution >= 0.6 is 0 Å². The summed E-state index contributed by atoms with van der Waals surface area (Å²) in [5.74, 6) is 0.375. The van der Waals surface area contributed by atoms with Gasteiger partial charge in [0.15, 0.2) is 5.60 Å². The van der Waals surface area contributed by atoms with E-state index in [1.54, 1.807) is 17.9 Å². The molecule has 2 aliphatic rings. The summed E-state index contributed by atoms with van der Waals surface area (Å²) >= 11 is 0. The zero-order valence-electron chi connectivity index (χ0n) is 21.4. The summed E-state index contributed by atoms with van der Waals surface area (Å²) in [6.07, 6.45) is 5.49. The number of alkyl carbamates (subject to hydrolysis) is 1. The number of methoxy groups -OCH3 is 1. The highest BCUT2D eigenvalue weighted by atomic mass is 16.5. The number of fused-ring (bicyclic) bond motifs is 1. The van der Waals surface area contributed by atoms with Crippen LogP contribution in [0.5, 0.6) is 5.75 Å². The van der Waals surface area contributed by atoms with E-state index in [0.29, 0.717) is 23.4 Å². The minimum Gasteiger partial charge on any atom is -0.476 e. The highest BCUT2D eigenvalue weighted by Crippen LogP contribution is 2.41. The summed E-state index contributed by atoms with van der Waals surface area (Å²) in [4.78, 5) is 42.4. The molecule has 0 spiro atoms. The quantitative estimate of drug-likeness (QED) is 0.633. The van der Waals surface area contributed by atoms with Crippen molar-refractivity contribution >= 4 is 23.6 Å². The fraction of sp³-hybridized carbons (Fsp3) is 0.654. The smallest absolute Gasteiger partial charge is 0.406 e. The van der Waals surface area contributed by atoms with Crippen LogP contribution in [0.4, 0.5) is 10.5 Å². The Labute approximate surface area is 202 Å². The molecule has 1 aromatic carbocycles. The summed E-state index contributed by atoms with van der Waals surface area (Å²) in [5.41, 5.74) is 0.956. The van der Waals surface area contributed by atoms with Crippen LogP contribution < -0.4 is 15.0 Å². The van der Waals surface area contributed by atoms with Gasteiger partial charge in [-0.1, -0.05) is 26.2 Å². The van der Waals surface area contributed by atoms with E-state index in [0.717, 1.165) is 31.2 Å². The first-order valence-electron chi connectivity index (χ1n) is 12.4. The van der Waals surface area contributed by atoms with Gasteiger partial charge >= 0.3 is 6.09 Å². The lowest BCUT2D eigenvalue weighted by Crippen LogP contribution is -2.55. The highest BCUT2D eigenvalue weighted by molar-refractivity contribution is 6.05. The van der Waals surface area contributed by atoms with Crippen molar-refractivity contribution in [3.8, 4) is 5.75 Å². The van der Waals surface area contributed by atoms with Crippen molar-refractivity contribution in [2.45, 2.75) is 90.8 Å². The molecule has 1 N–H and O–H groups in total. The molecule has 1 aliphatic heterocycles. The maximum absolute atomic E-state index is 13.8. The lowest BCUT2D eigenvalue weighted by atomic mass is 9.92. The summed E-state index contributed by atoms with van der Waals surface area (Å²) in [6, 6.07) is 3.96. The second-order valence-electron chi connectivity index (χ2n) is 9.79. The van der Waals surface area contributed by atoms with Crippen molar-refractivity contribution in [1.82, 2.24) is 10.2 Å². The van der Waals surface area contributed by atoms with E-state index in [4.69, 9.17) is 4.74 Å². The second kappa shape index (κ2) is 10.7. The average Bonchev–Trinajstić information content (AvgIpc) is 2.81. The average molecular weight is 474 g/mol. The summed E-state index contributed by atoms with van der Waals surface area (Å²) < 4.78 is 10.8. The first-order chi connectivity index (χ1) is 16.1. The minimum absolute atomic E-state index is 0.00823. The molecule has 0 aromatic heterocycles. The molecule has 8 nitrogen and oxygen atoms in total. The van der Waals surface area contributed by atoms with E-state index in [1.165, 1.54) is 13.5 Å². The number of anilines is 1. The number of ether oxygens (including phenoxy) is 2. The van der Waals surface area contributed by atoms with Crippen LogP contribution in [0.25, 0.3) is 0 Å². The Hall–Kier alpha value is -2.77. The fourth-order valence-corrected chi connectivity index (χ4v) is 4.98. The molecule has 1 atom stereocenters. The molecule has 0 radical (unpaired) electrons. The van der Waals surface area contributed by atoms with Crippen LogP contribution in [0.2, 0.25) is 0 Å². The maximum Gasteiger partial charge on any atom is 0.406 e. The molecule has 8 heteroatoms. The van der Waals surface area contributed by atoms with Gasteiger partial charge in [-0.25, -0.2) is 4.79 Å². The number of hydrogen-bond acceptors (Lipinski definition) is 5. The van der Waals surface area contributed by atoms with Gasteiger partial charge in [0.1, 0.15) is 5.75 Å². The van der Waals surface area contributed by atoms with Crippen LogP contribution in [0.1, 0.15) is 82.1 Å². The van der Waals surface area contributed by atoms with E-state index >= 15 is 0 Å². The van der Waals surface area contributed by atoms with Crippen molar-refractivity contribution in [2.75, 3.05) is 25.1 Å². The number of aryl methyl sites for hydroxylation is 1. The van der Waals surface area contributed by atoms with Crippen molar-refractivity contribution in [3.05, 3.63) is 23.3 Å². The van der Waals surface area contributed by atoms with Crippen LogP contribution in [0.15, 0.2) is 12.1 Å². The predicted octanol–water partition coefficient (Wildman–Crippen LogP) is 4.43. The molecule has 188 valence electrons. The fourth-order valence-electron chi connectivity index (χ4n) is 4.98. The van der Waals surface area contributed by atoms with Gasteiger partial charge in [0.25, 0.3) is 11.8 Å². The monoisotopic (exact) mass is 473 g/mol. The number of nitrogens with zero attached hydrogens (tertiary/aromatic N) is 2. The number of rotatable bonds is 7. The standard InChI is InChI=1S/C26H39N3O5/c1-7-26(5)24(31)28(14-13-27-25(32)33-6)21-16-20(18(4)15-22(21)34-26)23(30)29(17(2)3)19-11-9-8-10-12-19/h15-17,19H,7-14H2,1-6H3,(H,27,32). The molecular weight excluding hydrogens is 434 g/mol. The van der Waals surface area contributed by atoms with E-state index in [2.05, 4.69) is 23.9 Å². The van der Waals surface area contributed by atoms with Crippen molar-refractivity contribution in [1.29, 1.82) is 0 Å². The zero-order chi connectivity index (χ0) is 25.0. The maximum atomic E-state index is 13.8. The second-order valence-corrected chi connectivity index (χ2v) is 9.79. The van der Waals surface area contributed by atoms with Gasteiger partial charge in [0.05, 0.1) is 12.8 Å². The van der Waals surface area contributed by atoms with Crippen LogP contribution in [-0.2, 0) is 9.53 Å². The van der Waals surface area contributed by atoms with Gasteiger partial charge in [-0.05, 0) is 64.7 Å². The molecule has 1 heterocycles. The molecule has 1 aliphatic carbocycles. The lowest BCUT2D eigenvalue weighted by Gasteiger charge is -2.41. The van der Waals surface area contributed by atoms with E-state index in [9.17, 15) is 14.4 Å². The summed E-state index contributed by atoms with van der Waals surface area (Å²) in [5, 5.41) is 2.63. The molecule has 1 aromatic rings. The molecule has 1 saturated carbocycles. The number of hydrogen-bond donors (Lipinski definition) is 1. The van der Waals surface area contributed by atoms with Crippen molar-refractivity contribution in [2.24, 2.45) is 0 Å². The molecule has 34 heavy (non-hydrogen) atoms. The first-order valence-corrected chi connectivity index (χ1v) is 12.4. The number of carbonyl (C=O) groups is 3. The van der Waals surface area contributed by atoms with Gasteiger partial charge < -0.3 is 24.6 Å². The normalized spacial score (nSPS) is 20.6. The Balaban J connectivity index is 1.98. The Morgan fingerprint density at radius 2 is 1.94 bits per heavy atom.